The van der Waals surface area contributed by atoms with Crippen LogP contribution in [0.4, 0.5) is 0 Å². The Morgan fingerprint density at radius 3 is 2.53 bits per heavy atom. The number of fused-ring (bicyclic) bond motifs is 1. The van der Waals surface area contributed by atoms with Gasteiger partial charge in [0, 0.05) is 12.0 Å². The monoisotopic (exact) mass is 266 g/mol. The Hall–Kier alpha value is -0.640. The molecular weight excluding hydrogens is 240 g/mol. The highest BCUT2D eigenvalue weighted by atomic mass is 16.3. The van der Waals surface area contributed by atoms with Crippen molar-refractivity contribution in [1.29, 1.82) is 0 Å². The van der Waals surface area contributed by atoms with Gasteiger partial charge in [-0.2, -0.15) is 0 Å². The van der Waals surface area contributed by atoms with Crippen LogP contribution in [0.5, 0.6) is 0 Å². The normalized spacial score (nSPS) is 43.0. The molecule has 4 atom stereocenters. The molecule has 108 valence electrons. The Kier molecular flexibility index (Phi) is 3.92. The third-order valence-corrected chi connectivity index (χ3v) is 5.51. The van der Waals surface area contributed by atoms with Gasteiger partial charge in [-0.05, 0) is 49.5 Å². The number of aliphatic hydroxyl groups is 3. The molecule has 0 saturated heterocycles. The summed E-state index contributed by atoms with van der Waals surface area (Å²) in [6, 6.07) is 0. The van der Waals surface area contributed by atoms with Crippen molar-refractivity contribution in [1.82, 2.24) is 0 Å². The van der Waals surface area contributed by atoms with E-state index in [1.165, 1.54) is 11.1 Å². The highest BCUT2D eigenvalue weighted by Crippen LogP contribution is 2.57. The molecule has 1 fully saturated rings. The lowest BCUT2D eigenvalue weighted by atomic mass is 9.52. The van der Waals surface area contributed by atoms with Crippen molar-refractivity contribution in [3.05, 3.63) is 23.8 Å². The summed E-state index contributed by atoms with van der Waals surface area (Å²) in [5.41, 5.74) is 1.77. The van der Waals surface area contributed by atoms with E-state index >= 15 is 0 Å². The van der Waals surface area contributed by atoms with E-state index in [0.29, 0.717) is 6.42 Å². The molecular formula is C16H26O3. The zero-order valence-electron chi connectivity index (χ0n) is 12.0. The van der Waals surface area contributed by atoms with Crippen LogP contribution in [-0.2, 0) is 0 Å². The van der Waals surface area contributed by atoms with Gasteiger partial charge in [-0.15, -0.1) is 0 Å². The Morgan fingerprint density at radius 1 is 1.32 bits per heavy atom. The Balaban J connectivity index is 2.46. The van der Waals surface area contributed by atoms with Crippen LogP contribution >= 0.6 is 0 Å². The second-order valence-corrected chi connectivity index (χ2v) is 6.78. The number of hydrogen-bond donors (Lipinski definition) is 3. The first-order valence-corrected chi connectivity index (χ1v) is 7.14. The van der Waals surface area contributed by atoms with Gasteiger partial charge in [-0.3, -0.25) is 0 Å². The topological polar surface area (TPSA) is 60.7 Å². The maximum Gasteiger partial charge on any atom is 0.0661 e. The van der Waals surface area contributed by atoms with Crippen molar-refractivity contribution < 1.29 is 15.3 Å². The van der Waals surface area contributed by atoms with Gasteiger partial charge in [0.05, 0.1) is 12.7 Å². The average molecular weight is 266 g/mol. The largest absolute Gasteiger partial charge is 0.396 e. The van der Waals surface area contributed by atoms with Gasteiger partial charge in [0.25, 0.3) is 0 Å². The highest BCUT2D eigenvalue weighted by Gasteiger charge is 2.53. The maximum atomic E-state index is 10.5. The molecule has 0 spiro atoms. The Labute approximate surface area is 115 Å². The van der Waals surface area contributed by atoms with Crippen LogP contribution in [0, 0.1) is 16.7 Å². The minimum atomic E-state index is -0.491. The number of allylic oxidation sites excluding steroid dienone is 2. The van der Waals surface area contributed by atoms with Gasteiger partial charge in [0.15, 0.2) is 0 Å². The maximum absolute atomic E-state index is 10.5. The molecule has 1 saturated carbocycles. The lowest BCUT2D eigenvalue weighted by Crippen LogP contribution is -2.53. The summed E-state index contributed by atoms with van der Waals surface area (Å²) in [6.07, 6.45) is 4.42. The quantitative estimate of drug-likeness (QED) is 0.732. The fourth-order valence-corrected chi connectivity index (χ4v) is 3.99. The van der Waals surface area contributed by atoms with Crippen LogP contribution in [0.15, 0.2) is 23.8 Å². The van der Waals surface area contributed by atoms with Crippen molar-refractivity contribution in [3.63, 3.8) is 0 Å². The van der Waals surface area contributed by atoms with Crippen LogP contribution in [0.2, 0.25) is 0 Å². The Bertz CT molecular complexity index is 401. The van der Waals surface area contributed by atoms with E-state index in [0.717, 1.165) is 19.3 Å². The molecule has 0 amide bonds. The van der Waals surface area contributed by atoms with Crippen molar-refractivity contribution in [2.45, 2.75) is 45.6 Å². The van der Waals surface area contributed by atoms with E-state index in [1.807, 2.05) is 13.0 Å². The summed E-state index contributed by atoms with van der Waals surface area (Å²) in [6.45, 7) is 8.19. The minimum absolute atomic E-state index is 0.00492. The summed E-state index contributed by atoms with van der Waals surface area (Å²) in [4.78, 5) is 0. The molecule has 0 radical (unpaired) electrons. The predicted molar refractivity (Wildman–Crippen MR) is 75.6 cm³/mol. The number of hydrogen-bond acceptors (Lipinski definition) is 3. The lowest BCUT2D eigenvalue weighted by Gasteiger charge is -2.54. The van der Waals surface area contributed by atoms with Crippen LogP contribution in [0.25, 0.3) is 0 Å². The summed E-state index contributed by atoms with van der Waals surface area (Å²) in [5, 5.41) is 30.0. The van der Waals surface area contributed by atoms with Gasteiger partial charge in [-0.1, -0.05) is 25.2 Å². The molecule has 0 aliphatic heterocycles. The van der Waals surface area contributed by atoms with Gasteiger partial charge in [0.2, 0.25) is 0 Å². The SMILES string of the molecule is C=CC1=C(C)C[C@@H](O)[C@@]2(CO)CC[C@](C)(CO)CC12. The molecule has 0 bridgehead atoms. The minimum Gasteiger partial charge on any atom is -0.396 e. The first kappa shape index (κ1) is 14.8. The van der Waals surface area contributed by atoms with Crippen LogP contribution in [0.1, 0.15) is 39.5 Å². The zero-order chi connectivity index (χ0) is 14.3. The summed E-state index contributed by atoms with van der Waals surface area (Å²) in [5.74, 6) is 0.102. The number of rotatable bonds is 3. The molecule has 2 rings (SSSR count). The first-order chi connectivity index (χ1) is 8.92. The second-order valence-electron chi connectivity index (χ2n) is 6.78. The molecule has 3 N–H and O–H groups in total. The third kappa shape index (κ3) is 2.18. The van der Waals surface area contributed by atoms with E-state index in [9.17, 15) is 15.3 Å². The van der Waals surface area contributed by atoms with E-state index in [2.05, 4.69) is 13.5 Å². The standard InChI is InChI=1S/C16H26O3/c1-4-12-11(2)7-14(19)16(10-18)6-5-15(3,9-17)8-13(12)16/h4,13-14,17-19H,1,5-10H2,2-3H3/t13?,14-,15+,16-/m1/s1. The molecule has 0 aromatic carbocycles. The molecule has 2 aliphatic carbocycles. The summed E-state index contributed by atoms with van der Waals surface area (Å²) >= 11 is 0. The molecule has 0 heterocycles. The van der Waals surface area contributed by atoms with Crippen molar-refractivity contribution in [2.75, 3.05) is 13.2 Å². The summed E-state index contributed by atoms with van der Waals surface area (Å²) in [7, 11) is 0. The molecule has 0 aromatic rings. The van der Waals surface area contributed by atoms with E-state index in [4.69, 9.17) is 0 Å². The highest BCUT2D eigenvalue weighted by molar-refractivity contribution is 5.33. The third-order valence-electron chi connectivity index (χ3n) is 5.51. The Morgan fingerprint density at radius 2 is 2.00 bits per heavy atom. The van der Waals surface area contributed by atoms with E-state index in [1.54, 1.807) is 0 Å². The van der Waals surface area contributed by atoms with Gasteiger partial charge >= 0.3 is 0 Å². The summed E-state index contributed by atoms with van der Waals surface area (Å²) < 4.78 is 0. The average Bonchev–Trinajstić information content (AvgIpc) is 2.39. The molecule has 3 heteroatoms. The first-order valence-electron chi connectivity index (χ1n) is 7.14. The second kappa shape index (κ2) is 5.04. The smallest absolute Gasteiger partial charge is 0.0661 e. The van der Waals surface area contributed by atoms with Crippen LogP contribution < -0.4 is 0 Å². The molecule has 1 unspecified atom stereocenters. The van der Waals surface area contributed by atoms with Crippen LogP contribution in [-0.4, -0.2) is 34.6 Å². The van der Waals surface area contributed by atoms with Crippen molar-refractivity contribution in [3.8, 4) is 0 Å². The van der Waals surface area contributed by atoms with E-state index < -0.39 is 11.5 Å². The van der Waals surface area contributed by atoms with Gasteiger partial charge in [-0.25, -0.2) is 0 Å². The van der Waals surface area contributed by atoms with E-state index in [-0.39, 0.29) is 24.5 Å². The van der Waals surface area contributed by atoms with Gasteiger partial charge < -0.3 is 15.3 Å². The zero-order valence-corrected chi connectivity index (χ0v) is 12.0. The van der Waals surface area contributed by atoms with Crippen LogP contribution in [0.3, 0.4) is 0 Å². The van der Waals surface area contributed by atoms with Crippen molar-refractivity contribution in [2.24, 2.45) is 16.7 Å². The molecule has 2 aliphatic rings. The molecule has 3 nitrogen and oxygen atoms in total. The molecule has 0 aromatic heterocycles. The number of aliphatic hydroxyl groups excluding tert-OH is 3. The van der Waals surface area contributed by atoms with Gasteiger partial charge in [0.1, 0.15) is 0 Å². The lowest BCUT2D eigenvalue weighted by molar-refractivity contribution is -0.107. The predicted octanol–water partition coefficient (Wildman–Crippen LogP) is 2.03. The fourth-order valence-electron chi connectivity index (χ4n) is 3.99. The molecule has 19 heavy (non-hydrogen) atoms. The van der Waals surface area contributed by atoms with Crippen molar-refractivity contribution >= 4 is 0 Å². The fraction of sp³-hybridized carbons (Fsp3) is 0.750.